The highest BCUT2D eigenvalue weighted by Gasteiger charge is 2.18. The zero-order chi connectivity index (χ0) is 12.1. The first-order valence-electron chi connectivity index (χ1n) is 5.89. The lowest BCUT2D eigenvalue weighted by atomic mass is 10.2. The van der Waals surface area contributed by atoms with Gasteiger partial charge in [-0.15, -0.1) is 0 Å². The number of ether oxygens (including phenoxy) is 1. The Morgan fingerprint density at radius 3 is 2.41 bits per heavy atom. The Morgan fingerprint density at radius 1 is 1.18 bits per heavy atom. The molecule has 1 fully saturated rings. The predicted molar refractivity (Wildman–Crippen MR) is 67.1 cm³/mol. The van der Waals surface area contributed by atoms with Crippen LogP contribution in [0.3, 0.4) is 0 Å². The molecular formula is C13H18N2O2. The summed E-state index contributed by atoms with van der Waals surface area (Å²) in [6.45, 7) is 4.13. The van der Waals surface area contributed by atoms with Crippen molar-refractivity contribution in [3.05, 3.63) is 30.3 Å². The minimum atomic E-state index is -0.154. The van der Waals surface area contributed by atoms with E-state index in [1.54, 1.807) is 0 Å². The summed E-state index contributed by atoms with van der Waals surface area (Å²) in [5, 5.41) is 0. The number of piperazine rings is 1. The van der Waals surface area contributed by atoms with Gasteiger partial charge in [0.2, 0.25) is 0 Å². The second-order valence-corrected chi connectivity index (χ2v) is 4.17. The smallest absolute Gasteiger partial charge is 0.319 e. The van der Waals surface area contributed by atoms with Crippen LogP contribution in [0.4, 0.5) is 5.69 Å². The van der Waals surface area contributed by atoms with Crippen LogP contribution in [0.1, 0.15) is 0 Å². The Hall–Kier alpha value is -1.55. The molecule has 1 aromatic rings. The molecule has 1 aromatic carbocycles. The van der Waals surface area contributed by atoms with Crippen molar-refractivity contribution < 1.29 is 9.53 Å². The molecule has 0 radical (unpaired) electrons. The van der Waals surface area contributed by atoms with E-state index in [1.807, 2.05) is 6.07 Å². The number of hydrogen-bond donors (Lipinski definition) is 0. The molecule has 1 heterocycles. The van der Waals surface area contributed by atoms with Crippen LogP contribution < -0.4 is 4.90 Å². The van der Waals surface area contributed by atoms with Crippen molar-refractivity contribution in [2.24, 2.45) is 0 Å². The molecule has 0 atom stereocenters. The molecule has 2 rings (SSSR count). The number of benzene rings is 1. The molecule has 1 saturated heterocycles. The van der Waals surface area contributed by atoms with Gasteiger partial charge in [0.05, 0.1) is 13.7 Å². The summed E-state index contributed by atoms with van der Waals surface area (Å²) in [6, 6.07) is 10.4. The van der Waals surface area contributed by atoms with E-state index in [1.165, 1.54) is 12.8 Å². The summed E-state index contributed by atoms with van der Waals surface area (Å²) in [7, 11) is 1.43. The van der Waals surface area contributed by atoms with Crippen LogP contribution in [-0.2, 0) is 9.53 Å². The SMILES string of the molecule is COC(=O)CN1CCN(c2ccccc2)CC1. The second kappa shape index (κ2) is 5.68. The third-order valence-electron chi connectivity index (χ3n) is 3.07. The Kier molecular flexibility index (Phi) is 3.98. The van der Waals surface area contributed by atoms with Gasteiger partial charge < -0.3 is 9.64 Å². The molecule has 0 aromatic heterocycles. The van der Waals surface area contributed by atoms with Crippen LogP contribution in [0, 0.1) is 0 Å². The van der Waals surface area contributed by atoms with Gasteiger partial charge in [-0.1, -0.05) is 18.2 Å². The molecule has 4 nitrogen and oxygen atoms in total. The molecule has 0 spiro atoms. The number of anilines is 1. The molecule has 1 aliphatic rings. The molecule has 0 unspecified atom stereocenters. The zero-order valence-corrected chi connectivity index (χ0v) is 10.1. The second-order valence-electron chi connectivity index (χ2n) is 4.17. The van der Waals surface area contributed by atoms with Crippen LogP contribution in [0.15, 0.2) is 30.3 Å². The first-order chi connectivity index (χ1) is 8.29. The van der Waals surface area contributed by atoms with Gasteiger partial charge in [0.15, 0.2) is 0 Å². The van der Waals surface area contributed by atoms with E-state index in [9.17, 15) is 4.79 Å². The van der Waals surface area contributed by atoms with Gasteiger partial charge in [-0.25, -0.2) is 0 Å². The molecule has 4 heteroatoms. The van der Waals surface area contributed by atoms with E-state index in [4.69, 9.17) is 0 Å². The topological polar surface area (TPSA) is 32.8 Å². The van der Waals surface area contributed by atoms with E-state index in [0.717, 1.165) is 26.2 Å². The average Bonchev–Trinajstić information content (AvgIpc) is 2.40. The monoisotopic (exact) mass is 234 g/mol. The summed E-state index contributed by atoms with van der Waals surface area (Å²) in [6.07, 6.45) is 0. The zero-order valence-electron chi connectivity index (χ0n) is 10.1. The van der Waals surface area contributed by atoms with Crippen molar-refractivity contribution >= 4 is 11.7 Å². The molecule has 17 heavy (non-hydrogen) atoms. The normalized spacial score (nSPS) is 16.9. The van der Waals surface area contributed by atoms with Gasteiger partial charge in [-0.05, 0) is 12.1 Å². The van der Waals surface area contributed by atoms with Crippen molar-refractivity contribution in [3.63, 3.8) is 0 Å². The highest BCUT2D eigenvalue weighted by molar-refractivity contribution is 5.71. The van der Waals surface area contributed by atoms with E-state index in [-0.39, 0.29) is 5.97 Å². The first kappa shape index (κ1) is 11.9. The van der Waals surface area contributed by atoms with Crippen molar-refractivity contribution in [2.75, 3.05) is 44.7 Å². The van der Waals surface area contributed by atoms with Gasteiger partial charge >= 0.3 is 5.97 Å². The van der Waals surface area contributed by atoms with Crippen LogP contribution in [0.2, 0.25) is 0 Å². The maximum absolute atomic E-state index is 11.2. The quantitative estimate of drug-likeness (QED) is 0.730. The van der Waals surface area contributed by atoms with E-state index in [0.29, 0.717) is 6.54 Å². The number of carbonyl (C=O) groups excluding carboxylic acids is 1. The summed E-state index contributed by atoms with van der Waals surface area (Å²) in [4.78, 5) is 15.6. The number of methoxy groups -OCH3 is 1. The maximum atomic E-state index is 11.2. The maximum Gasteiger partial charge on any atom is 0.319 e. The van der Waals surface area contributed by atoms with Gasteiger partial charge in [0.25, 0.3) is 0 Å². The van der Waals surface area contributed by atoms with Crippen molar-refractivity contribution in [1.29, 1.82) is 0 Å². The third-order valence-corrected chi connectivity index (χ3v) is 3.07. The number of para-hydroxylation sites is 1. The fraction of sp³-hybridized carbons (Fsp3) is 0.462. The Labute approximate surface area is 102 Å². The van der Waals surface area contributed by atoms with Crippen molar-refractivity contribution in [2.45, 2.75) is 0 Å². The molecule has 0 bridgehead atoms. The summed E-state index contributed by atoms with van der Waals surface area (Å²) in [5.74, 6) is -0.154. The van der Waals surface area contributed by atoms with Crippen molar-refractivity contribution in [3.8, 4) is 0 Å². The Balaban J connectivity index is 1.84. The molecule has 0 aliphatic carbocycles. The molecule has 0 saturated carbocycles. The minimum absolute atomic E-state index is 0.154. The first-order valence-corrected chi connectivity index (χ1v) is 5.89. The molecule has 0 amide bonds. The van der Waals surface area contributed by atoms with Crippen LogP contribution in [0.5, 0.6) is 0 Å². The Morgan fingerprint density at radius 2 is 1.82 bits per heavy atom. The minimum Gasteiger partial charge on any atom is -0.468 e. The summed E-state index contributed by atoms with van der Waals surface area (Å²) >= 11 is 0. The number of rotatable bonds is 3. The van der Waals surface area contributed by atoms with Gasteiger partial charge in [0.1, 0.15) is 0 Å². The fourth-order valence-electron chi connectivity index (χ4n) is 2.05. The van der Waals surface area contributed by atoms with Crippen LogP contribution >= 0.6 is 0 Å². The lowest BCUT2D eigenvalue weighted by Gasteiger charge is -2.35. The Bertz CT molecular complexity index is 359. The summed E-state index contributed by atoms with van der Waals surface area (Å²) in [5.41, 5.74) is 1.25. The number of nitrogens with zero attached hydrogens (tertiary/aromatic N) is 2. The van der Waals surface area contributed by atoms with E-state index >= 15 is 0 Å². The van der Waals surface area contributed by atoms with Gasteiger partial charge in [-0.3, -0.25) is 9.69 Å². The highest BCUT2D eigenvalue weighted by atomic mass is 16.5. The molecular weight excluding hydrogens is 216 g/mol. The van der Waals surface area contributed by atoms with Crippen molar-refractivity contribution in [1.82, 2.24) is 4.90 Å². The molecule has 92 valence electrons. The number of esters is 1. The standard InChI is InChI=1S/C13H18N2O2/c1-17-13(16)11-14-7-9-15(10-8-14)12-5-3-2-4-6-12/h2-6H,7-11H2,1H3. The predicted octanol–water partition coefficient (Wildman–Crippen LogP) is 0.982. The highest BCUT2D eigenvalue weighted by Crippen LogP contribution is 2.15. The molecule has 0 N–H and O–H groups in total. The average molecular weight is 234 g/mol. The lowest BCUT2D eigenvalue weighted by molar-refractivity contribution is -0.142. The largest absolute Gasteiger partial charge is 0.468 e. The van der Waals surface area contributed by atoms with Crippen LogP contribution in [-0.4, -0.2) is 50.7 Å². The van der Waals surface area contributed by atoms with E-state index < -0.39 is 0 Å². The van der Waals surface area contributed by atoms with E-state index in [2.05, 4.69) is 38.8 Å². The summed E-state index contributed by atoms with van der Waals surface area (Å²) < 4.78 is 4.67. The van der Waals surface area contributed by atoms with Crippen LogP contribution in [0.25, 0.3) is 0 Å². The van der Waals surface area contributed by atoms with Gasteiger partial charge in [0, 0.05) is 31.9 Å². The fourth-order valence-corrected chi connectivity index (χ4v) is 2.05. The third kappa shape index (κ3) is 3.20. The van der Waals surface area contributed by atoms with Gasteiger partial charge in [-0.2, -0.15) is 0 Å². The lowest BCUT2D eigenvalue weighted by Crippen LogP contribution is -2.48. The number of hydrogen-bond acceptors (Lipinski definition) is 4. The molecule has 1 aliphatic heterocycles. The number of carbonyl (C=O) groups is 1.